The van der Waals surface area contributed by atoms with Crippen LogP contribution in [0.15, 0.2) is 72.8 Å². The van der Waals surface area contributed by atoms with Crippen LogP contribution in [0.3, 0.4) is 0 Å². The van der Waals surface area contributed by atoms with Crippen molar-refractivity contribution in [1.82, 2.24) is 0 Å². The first-order valence-corrected chi connectivity index (χ1v) is 9.24. The van der Waals surface area contributed by atoms with E-state index in [2.05, 4.69) is 5.32 Å². The van der Waals surface area contributed by atoms with Gasteiger partial charge in [-0.3, -0.25) is 19.7 Å². The van der Waals surface area contributed by atoms with Crippen molar-refractivity contribution >= 4 is 34.7 Å². The summed E-state index contributed by atoms with van der Waals surface area (Å²) in [5, 5.41) is 14.4. The van der Waals surface area contributed by atoms with E-state index in [1.54, 1.807) is 42.5 Å². The average molecular weight is 409 g/mol. The molecule has 0 aromatic heterocycles. The van der Waals surface area contributed by atoms with Gasteiger partial charge in [0.05, 0.1) is 16.2 Å². The first kappa shape index (κ1) is 20.2. The number of carbonyl (C=O) groups is 2. The van der Waals surface area contributed by atoms with E-state index in [9.17, 15) is 19.7 Å². The number of ketones is 1. The van der Waals surface area contributed by atoms with Gasteiger partial charge in [-0.2, -0.15) is 0 Å². The van der Waals surface area contributed by atoms with Crippen LogP contribution in [0.5, 0.6) is 0 Å². The molecule has 0 spiro atoms. The summed E-state index contributed by atoms with van der Waals surface area (Å²) in [6.07, 6.45) is 0.690. The monoisotopic (exact) mass is 408 g/mol. The molecule has 3 aromatic rings. The van der Waals surface area contributed by atoms with Crippen LogP contribution in [0, 0.1) is 10.1 Å². The van der Waals surface area contributed by atoms with Gasteiger partial charge in [-0.15, -0.1) is 0 Å². The number of anilines is 1. The van der Waals surface area contributed by atoms with Gasteiger partial charge in [-0.1, -0.05) is 54.1 Å². The molecule has 1 amide bonds. The van der Waals surface area contributed by atoms with E-state index in [0.29, 0.717) is 17.0 Å². The number of halogens is 1. The van der Waals surface area contributed by atoms with Crippen LogP contribution in [0.25, 0.3) is 0 Å². The van der Waals surface area contributed by atoms with E-state index in [-0.39, 0.29) is 29.3 Å². The van der Waals surface area contributed by atoms with Crippen molar-refractivity contribution in [3.8, 4) is 0 Å². The lowest BCUT2D eigenvalue weighted by Gasteiger charge is -2.11. The van der Waals surface area contributed by atoms with Gasteiger partial charge >= 0.3 is 0 Å². The number of nitro groups is 1. The molecule has 29 heavy (non-hydrogen) atoms. The number of aryl methyl sites for hydroxylation is 1. The highest BCUT2D eigenvalue weighted by Crippen LogP contribution is 2.25. The van der Waals surface area contributed by atoms with Crippen LogP contribution in [0.2, 0.25) is 5.02 Å². The molecule has 146 valence electrons. The van der Waals surface area contributed by atoms with Crippen molar-refractivity contribution in [3.63, 3.8) is 0 Å². The zero-order chi connectivity index (χ0) is 20.8. The highest BCUT2D eigenvalue weighted by Gasteiger charge is 2.19. The fourth-order valence-electron chi connectivity index (χ4n) is 2.81. The van der Waals surface area contributed by atoms with Crippen LogP contribution in [0.1, 0.15) is 27.9 Å². The van der Waals surface area contributed by atoms with Crippen LogP contribution in [-0.4, -0.2) is 16.6 Å². The van der Waals surface area contributed by atoms with Gasteiger partial charge in [-0.05, 0) is 30.2 Å². The van der Waals surface area contributed by atoms with E-state index in [1.807, 2.05) is 12.1 Å². The molecule has 0 aliphatic heterocycles. The number of nitro benzene ring substituents is 1. The molecule has 0 radical (unpaired) electrons. The zero-order valence-corrected chi connectivity index (χ0v) is 16.1. The number of benzene rings is 3. The predicted molar refractivity (Wildman–Crippen MR) is 111 cm³/mol. The Labute approximate surface area is 172 Å². The van der Waals surface area contributed by atoms with Crippen molar-refractivity contribution in [2.45, 2.75) is 12.8 Å². The van der Waals surface area contributed by atoms with Crippen LogP contribution in [-0.2, 0) is 11.2 Å². The van der Waals surface area contributed by atoms with E-state index >= 15 is 0 Å². The van der Waals surface area contributed by atoms with Crippen molar-refractivity contribution < 1.29 is 14.5 Å². The number of amides is 1. The van der Waals surface area contributed by atoms with Gasteiger partial charge in [-0.25, -0.2) is 0 Å². The molecule has 1 N–H and O–H groups in total. The van der Waals surface area contributed by atoms with Gasteiger partial charge in [0, 0.05) is 29.1 Å². The maximum absolute atomic E-state index is 12.8. The smallest absolute Gasteiger partial charge is 0.270 e. The Hall–Kier alpha value is -3.51. The number of rotatable bonds is 7. The summed E-state index contributed by atoms with van der Waals surface area (Å²) in [5.41, 5.74) is 1.43. The Morgan fingerprint density at radius 3 is 2.31 bits per heavy atom. The van der Waals surface area contributed by atoms with E-state index in [0.717, 1.165) is 5.56 Å². The molecule has 0 atom stereocenters. The molecule has 0 unspecified atom stereocenters. The summed E-state index contributed by atoms with van der Waals surface area (Å²) in [4.78, 5) is 35.8. The fraction of sp³-hybridized carbons (Fsp3) is 0.0909. The molecule has 0 aliphatic carbocycles. The van der Waals surface area contributed by atoms with Crippen molar-refractivity contribution in [2.24, 2.45) is 0 Å². The Morgan fingerprint density at radius 1 is 0.966 bits per heavy atom. The zero-order valence-electron chi connectivity index (χ0n) is 15.3. The predicted octanol–water partition coefficient (Wildman–Crippen LogP) is 5.05. The van der Waals surface area contributed by atoms with Gasteiger partial charge in [0.25, 0.3) is 5.69 Å². The molecule has 0 saturated heterocycles. The molecule has 6 nitrogen and oxygen atoms in total. The van der Waals surface area contributed by atoms with Gasteiger partial charge < -0.3 is 5.32 Å². The summed E-state index contributed by atoms with van der Waals surface area (Å²) in [6, 6.07) is 19.4. The van der Waals surface area contributed by atoms with Gasteiger partial charge in [0.2, 0.25) is 5.91 Å². The molecule has 0 saturated carbocycles. The second kappa shape index (κ2) is 9.12. The summed E-state index contributed by atoms with van der Waals surface area (Å²) in [5.74, 6) is -0.696. The minimum Gasteiger partial charge on any atom is -0.325 e. The molecule has 0 heterocycles. The average Bonchev–Trinajstić information content (AvgIpc) is 2.73. The van der Waals surface area contributed by atoms with Gasteiger partial charge in [0.15, 0.2) is 5.78 Å². The molecule has 0 aliphatic rings. The van der Waals surface area contributed by atoms with Crippen molar-refractivity contribution in [1.29, 1.82) is 0 Å². The topological polar surface area (TPSA) is 89.3 Å². The first-order chi connectivity index (χ1) is 13.9. The minimum atomic E-state index is -0.575. The Bertz CT molecular complexity index is 1050. The lowest BCUT2D eigenvalue weighted by molar-refractivity contribution is -0.384. The van der Waals surface area contributed by atoms with Crippen molar-refractivity contribution in [2.75, 3.05) is 5.32 Å². The molecule has 0 bridgehead atoms. The van der Waals surface area contributed by atoms with E-state index < -0.39 is 10.7 Å². The standard InChI is InChI=1S/C22H17ClN2O4/c23-17-9-6-15(7-10-17)8-13-21(26)24-20-12-11-18(25(28)29)14-19(20)22(27)16-4-2-1-3-5-16/h1-7,9-12,14H,8,13H2,(H,24,26). The largest absolute Gasteiger partial charge is 0.325 e. The molecule has 0 fully saturated rings. The van der Waals surface area contributed by atoms with Crippen LogP contribution >= 0.6 is 11.6 Å². The Balaban J connectivity index is 1.80. The summed E-state index contributed by atoms with van der Waals surface area (Å²) >= 11 is 5.86. The molecular weight excluding hydrogens is 392 g/mol. The second-order valence-corrected chi connectivity index (χ2v) is 6.79. The van der Waals surface area contributed by atoms with Crippen LogP contribution in [0.4, 0.5) is 11.4 Å². The molecule has 7 heteroatoms. The van der Waals surface area contributed by atoms with Crippen molar-refractivity contribution in [3.05, 3.63) is 105 Å². The third-order valence-electron chi connectivity index (χ3n) is 4.32. The molecular formula is C22H17ClN2O4. The summed E-state index contributed by atoms with van der Waals surface area (Å²) in [6.45, 7) is 0. The third-order valence-corrected chi connectivity index (χ3v) is 4.57. The SMILES string of the molecule is O=C(CCc1ccc(Cl)cc1)Nc1ccc([N+](=O)[O-])cc1C(=O)c1ccccc1. The molecule has 3 rings (SSSR count). The highest BCUT2D eigenvalue weighted by atomic mass is 35.5. The maximum Gasteiger partial charge on any atom is 0.270 e. The second-order valence-electron chi connectivity index (χ2n) is 6.36. The number of hydrogen-bond donors (Lipinski definition) is 1. The molecule has 3 aromatic carbocycles. The number of carbonyl (C=O) groups excluding carboxylic acids is 2. The lowest BCUT2D eigenvalue weighted by Crippen LogP contribution is -2.16. The Morgan fingerprint density at radius 2 is 1.66 bits per heavy atom. The van der Waals surface area contributed by atoms with Gasteiger partial charge in [0.1, 0.15) is 0 Å². The fourth-order valence-corrected chi connectivity index (χ4v) is 2.94. The summed E-state index contributed by atoms with van der Waals surface area (Å²) < 4.78 is 0. The number of non-ortho nitro benzene ring substituents is 1. The van der Waals surface area contributed by atoms with Crippen LogP contribution < -0.4 is 5.32 Å². The number of nitrogens with one attached hydrogen (secondary N) is 1. The van der Waals surface area contributed by atoms with E-state index in [1.165, 1.54) is 18.2 Å². The highest BCUT2D eigenvalue weighted by molar-refractivity contribution is 6.30. The normalized spacial score (nSPS) is 10.4. The maximum atomic E-state index is 12.8. The minimum absolute atomic E-state index is 0.0743. The summed E-state index contributed by atoms with van der Waals surface area (Å²) in [7, 11) is 0. The number of hydrogen-bond acceptors (Lipinski definition) is 4. The third kappa shape index (κ3) is 5.27. The van der Waals surface area contributed by atoms with E-state index in [4.69, 9.17) is 11.6 Å². The quantitative estimate of drug-likeness (QED) is 0.336. The lowest BCUT2D eigenvalue weighted by atomic mass is 10.0. The first-order valence-electron chi connectivity index (χ1n) is 8.86. The Kier molecular flexibility index (Phi) is 6.36. The number of nitrogens with zero attached hydrogens (tertiary/aromatic N) is 1.